The lowest BCUT2D eigenvalue weighted by Crippen LogP contribution is -2.04. The Bertz CT molecular complexity index is 1070. The summed E-state index contributed by atoms with van der Waals surface area (Å²) in [5.41, 5.74) is 4.02. The summed E-state index contributed by atoms with van der Waals surface area (Å²) in [5, 5.41) is 2.33. The maximum Gasteiger partial charge on any atom is 0.238 e. The van der Waals surface area contributed by atoms with Gasteiger partial charge in [0.1, 0.15) is 18.3 Å². The van der Waals surface area contributed by atoms with Crippen LogP contribution in [0.4, 0.5) is 0 Å². The van der Waals surface area contributed by atoms with E-state index in [1.54, 1.807) is 0 Å². The average molecular weight is 313 g/mol. The number of fused-ring (bicyclic) bond motifs is 3. The number of hydrogen-bond donors (Lipinski definition) is 1. The third kappa shape index (κ3) is 2.00. The largest absolute Gasteiger partial charge is 0.474 e. The lowest BCUT2D eigenvalue weighted by Gasteiger charge is -2.03. The fourth-order valence-electron chi connectivity index (χ4n) is 3.29. The van der Waals surface area contributed by atoms with Crippen LogP contribution in [0.3, 0.4) is 0 Å². The number of pyridine rings is 1. The van der Waals surface area contributed by atoms with Crippen molar-refractivity contribution in [1.29, 1.82) is 0 Å². The molecule has 0 radical (unpaired) electrons. The van der Waals surface area contributed by atoms with Gasteiger partial charge in [0.05, 0.1) is 5.52 Å². The van der Waals surface area contributed by atoms with E-state index in [1.165, 1.54) is 5.39 Å². The first kappa shape index (κ1) is 13.3. The molecule has 0 saturated carbocycles. The quantitative estimate of drug-likeness (QED) is 0.602. The highest BCUT2D eigenvalue weighted by Gasteiger charge is 2.24. The highest BCUT2D eigenvalue weighted by molar-refractivity contribution is 6.14. The zero-order valence-electron chi connectivity index (χ0n) is 12.9. The van der Waals surface area contributed by atoms with Gasteiger partial charge in [0, 0.05) is 22.5 Å². The molecule has 116 valence electrons. The van der Waals surface area contributed by atoms with Crippen LogP contribution in [-0.2, 0) is 4.74 Å². The molecule has 1 N–H and O–H groups in total. The van der Waals surface area contributed by atoms with Gasteiger partial charge in [0.15, 0.2) is 0 Å². The van der Waals surface area contributed by atoms with Crippen LogP contribution in [-0.4, -0.2) is 22.5 Å². The van der Waals surface area contributed by atoms with Crippen LogP contribution in [0.5, 0.6) is 0 Å². The summed E-state index contributed by atoms with van der Waals surface area (Å²) in [6, 6.07) is 20.5. The molecule has 4 heteroatoms. The fourth-order valence-corrected chi connectivity index (χ4v) is 3.29. The van der Waals surface area contributed by atoms with E-state index in [0.29, 0.717) is 12.5 Å². The van der Waals surface area contributed by atoms with Crippen molar-refractivity contribution in [2.24, 2.45) is 4.99 Å². The summed E-state index contributed by atoms with van der Waals surface area (Å²) >= 11 is 0. The average Bonchev–Trinajstić information content (AvgIpc) is 3.27. The molecule has 1 aliphatic heterocycles. The number of nitrogens with zero attached hydrogens (tertiary/aromatic N) is 2. The van der Waals surface area contributed by atoms with Gasteiger partial charge in [0.25, 0.3) is 0 Å². The monoisotopic (exact) mass is 313 g/mol. The Balaban J connectivity index is 1.65. The molecule has 1 atom stereocenters. The second-order valence-electron chi connectivity index (χ2n) is 5.92. The van der Waals surface area contributed by atoms with Gasteiger partial charge in [0.2, 0.25) is 5.90 Å². The van der Waals surface area contributed by atoms with Crippen molar-refractivity contribution in [3.63, 3.8) is 0 Å². The van der Waals surface area contributed by atoms with Crippen LogP contribution < -0.4 is 0 Å². The number of aliphatic imine (C=N–C) groups is 1. The van der Waals surface area contributed by atoms with Crippen molar-refractivity contribution >= 4 is 27.7 Å². The van der Waals surface area contributed by atoms with Crippen molar-refractivity contribution in [3.05, 3.63) is 78.1 Å². The number of nitrogens with one attached hydrogen (secondary N) is 1. The Morgan fingerprint density at radius 1 is 0.917 bits per heavy atom. The molecule has 2 aromatic heterocycles. The first-order valence-electron chi connectivity index (χ1n) is 8.01. The summed E-state index contributed by atoms with van der Waals surface area (Å²) in [6.07, 6.45) is 1.82. The third-order valence-corrected chi connectivity index (χ3v) is 4.47. The minimum atomic E-state index is 0.0302. The Morgan fingerprint density at radius 2 is 1.75 bits per heavy atom. The van der Waals surface area contributed by atoms with E-state index in [2.05, 4.69) is 34.2 Å². The number of aromatic nitrogens is 2. The predicted octanol–water partition coefficient (Wildman–Crippen LogP) is 4.23. The molecule has 2 aromatic carbocycles. The molecule has 0 fully saturated rings. The van der Waals surface area contributed by atoms with Gasteiger partial charge in [-0.1, -0.05) is 48.5 Å². The van der Waals surface area contributed by atoms with Crippen molar-refractivity contribution in [3.8, 4) is 0 Å². The Kier molecular flexibility index (Phi) is 2.88. The first-order valence-corrected chi connectivity index (χ1v) is 8.01. The number of para-hydroxylation sites is 1. The zero-order valence-corrected chi connectivity index (χ0v) is 12.9. The van der Waals surface area contributed by atoms with Gasteiger partial charge in [-0.2, -0.15) is 0 Å². The Labute approximate surface area is 138 Å². The molecular weight excluding hydrogens is 298 g/mol. The van der Waals surface area contributed by atoms with E-state index in [0.717, 1.165) is 27.7 Å². The lowest BCUT2D eigenvalue weighted by molar-refractivity contribution is 0.319. The number of hydrogen-bond acceptors (Lipinski definition) is 3. The van der Waals surface area contributed by atoms with Crippen molar-refractivity contribution < 1.29 is 4.74 Å². The smallest absolute Gasteiger partial charge is 0.238 e. The van der Waals surface area contributed by atoms with E-state index in [9.17, 15) is 0 Å². The van der Waals surface area contributed by atoms with E-state index < -0.39 is 0 Å². The van der Waals surface area contributed by atoms with Crippen molar-refractivity contribution in [2.45, 2.75) is 6.04 Å². The van der Waals surface area contributed by atoms with Crippen LogP contribution >= 0.6 is 0 Å². The van der Waals surface area contributed by atoms with Crippen LogP contribution in [0.2, 0.25) is 0 Å². The molecule has 0 aliphatic carbocycles. The maximum atomic E-state index is 5.88. The minimum Gasteiger partial charge on any atom is -0.474 e. The highest BCUT2D eigenvalue weighted by Crippen LogP contribution is 2.30. The maximum absolute atomic E-state index is 5.88. The minimum absolute atomic E-state index is 0.0302. The van der Waals surface area contributed by atoms with Crippen molar-refractivity contribution in [1.82, 2.24) is 9.97 Å². The third-order valence-electron chi connectivity index (χ3n) is 4.47. The standard InChI is InChI=1S/C20H15N3O/c1-2-6-13(7-3-1)17-12-24-20(23-17)19-18-15(10-11-21-19)14-8-4-5-9-16(14)22-18/h1-11,17,22H,12H2/t17-/m0/s1. The number of rotatable bonds is 2. The molecule has 1 aliphatic rings. The molecule has 4 aromatic rings. The van der Waals surface area contributed by atoms with Gasteiger partial charge in [-0.05, 0) is 17.7 Å². The summed E-state index contributed by atoms with van der Waals surface area (Å²) < 4.78 is 5.88. The molecule has 0 spiro atoms. The molecule has 0 unspecified atom stereocenters. The summed E-state index contributed by atoms with van der Waals surface area (Å²) in [6.45, 7) is 0.553. The number of benzene rings is 2. The fraction of sp³-hybridized carbons (Fsp3) is 0.100. The van der Waals surface area contributed by atoms with E-state index in [-0.39, 0.29) is 6.04 Å². The van der Waals surface area contributed by atoms with E-state index in [1.807, 2.05) is 42.6 Å². The number of ether oxygens (including phenoxy) is 1. The van der Waals surface area contributed by atoms with E-state index in [4.69, 9.17) is 9.73 Å². The van der Waals surface area contributed by atoms with Crippen LogP contribution in [0.15, 0.2) is 71.9 Å². The molecule has 4 nitrogen and oxygen atoms in total. The summed E-state index contributed by atoms with van der Waals surface area (Å²) in [5.74, 6) is 0.612. The Hall–Kier alpha value is -3.14. The first-order chi connectivity index (χ1) is 11.9. The SMILES string of the molecule is c1ccc([C@@H]2COC(c3nccc4c3[nH]c3ccccc34)=N2)cc1. The summed E-state index contributed by atoms with van der Waals surface area (Å²) in [4.78, 5) is 12.7. The van der Waals surface area contributed by atoms with Gasteiger partial charge < -0.3 is 9.72 Å². The molecule has 0 amide bonds. The predicted molar refractivity (Wildman–Crippen MR) is 95.3 cm³/mol. The molecule has 0 saturated heterocycles. The topological polar surface area (TPSA) is 50.3 Å². The van der Waals surface area contributed by atoms with Gasteiger partial charge in [-0.15, -0.1) is 0 Å². The second kappa shape index (κ2) is 5.20. The van der Waals surface area contributed by atoms with Gasteiger partial charge >= 0.3 is 0 Å². The van der Waals surface area contributed by atoms with Gasteiger partial charge in [-0.3, -0.25) is 0 Å². The van der Waals surface area contributed by atoms with Gasteiger partial charge in [-0.25, -0.2) is 9.98 Å². The number of H-pyrrole nitrogens is 1. The molecule has 0 bridgehead atoms. The second-order valence-corrected chi connectivity index (χ2v) is 5.92. The molecular formula is C20H15N3O. The van der Waals surface area contributed by atoms with Crippen LogP contribution in [0.1, 0.15) is 17.3 Å². The molecule has 3 heterocycles. The Morgan fingerprint density at radius 3 is 2.67 bits per heavy atom. The van der Waals surface area contributed by atoms with Crippen LogP contribution in [0.25, 0.3) is 21.8 Å². The molecule has 24 heavy (non-hydrogen) atoms. The zero-order chi connectivity index (χ0) is 15.9. The van der Waals surface area contributed by atoms with E-state index >= 15 is 0 Å². The summed E-state index contributed by atoms with van der Waals surface area (Å²) in [7, 11) is 0. The normalized spacial score (nSPS) is 17.2. The van der Waals surface area contributed by atoms with Crippen molar-refractivity contribution in [2.75, 3.05) is 6.61 Å². The van der Waals surface area contributed by atoms with Crippen LogP contribution in [0, 0.1) is 0 Å². The highest BCUT2D eigenvalue weighted by atomic mass is 16.5. The lowest BCUT2D eigenvalue weighted by atomic mass is 10.1. The molecule has 5 rings (SSSR count). The number of aromatic amines is 1.